The standard InChI is InChI=1S/C16H23N5O2S/c1-11-10-24-16(23)20(11)9-15(22)18-14-8-17-21(12(14)2)13-4-6-19(3)7-5-13/h8,10,13H,4-7,9H2,1-3H3,(H,18,22). The highest BCUT2D eigenvalue weighted by atomic mass is 32.1. The van der Waals surface area contributed by atoms with Gasteiger partial charge in [-0.05, 0) is 46.8 Å². The smallest absolute Gasteiger partial charge is 0.307 e. The van der Waals surface area contributed by atoms with Crippen molar-refractivity contribution in [2.45, 2.75) is 39.3 Å². The van der Waals surface area contributed by atoms with Crippen LogP contribution in [0.25, 0.3) is 0 Å². The Bertz CT molecular complexity index is 783. The lowest BCUT2D eigenvalue weighted by atomic mass is 10.1. The van der Waals surface area contributed by atoms with E-state index in [-0.39, 0.29) is 17.3 Å². The molecular weight excluding hydrogens is 326 g/mol. The van der Waals surface area contributed by atoms with Crippen molar-refractivity contribution in [2.24, 2.45) is 0 Å². The van der Waals surface area contributed by atoms with Crippen LogP contribution in [0.2, 0.25) is 0 Å². The molecule has 3 rings (SSSR count). The second-order valence-corrected chi connectivity index (χ2v) is 7.22. The second-order valence-electron chi connectivity index (χ2n) is 6.40. The number of nitrogens with zero attached hydrogens (tertiary/aromatic N) is 4. The first-order valence-corrected chi connectivity index (χ1v) is 9.01. The molecule has 1 aliphatic rings. The Morgan fingerprint density at radius 2 is 2.08 bits per heavy atom. The van der Waals surface area contributed by atoms with Gasteiger partial charge in [-0.2, -0.15) is 5.10 Å². The fraction of sp³-hybridized carbons (Fsp3) is 0.562. The number of thiazole rings is 1. The maximum absolute atomic E-state index is 12.3. The number of hydrogen-bond donors (Lipinski definition) is 1. The van der Waals surface area contributed by atoms with E-state index in [1.807, 2.05) is 18.5 Å². The van der Waals surface area contributed by atoms with Crippen molar-refractivity contribution < 1.29 is 4.79 Å². The van der Waals surface area contributed by atoms with Gasteiger partial charge in [0.05, 0.1) is 23.6 Å². The van der Waals surface area contributed by atoms with Crippen molar-refractivity contribution in [1.82, 2.24) is 19.2 Å². The molecule has 3 heterocycles. The number of likely N-dealkylation sites (tertiary alicyclic amines) is 1. The number of carbonyl (C=O) groups excluding carboxylic acids is 1. The van der Waals surface area contributed by atoms with Gasteiger partial charge in [0.2, 0.25) is 5.91 Å². The van der Waals surface area contributed by atoms with E-state index in [2.05, 4.69) is 22.4 Å². The third-order valence-electron chi connectivity index (χ3n) is 4.63. The van der Waals surface area contributed by atoms with Gasteiger partial charge in [-0.1, -0.05) is 11.3 Å². The molecule has 0 unspecified atom stereocenters. The van der Waals surface area contributed by atoms with E-state index in [0.29, 0.717) is 6.04 Å². The molecule has 8 heteroatoms. The minimum absolute atomic E-state index is 0.0347. The summed E-state index contributed by atoms with van der Waals surface area (Å²) in [5.74, 6) is -0.204. The maximum atomic E-state index is 12.3. The number of aryl methyl sites for hydroxylation is 1. The molecule has 24 heavy (non-hydrogen) atoms. The quantitative estimate of drug-likeness (QED) is 0.911. The number of aromatic nitrogens is 3. The van der Waals surface area contributed by atoms with Crippen LogP contribution in [0.5, 0.6) is 0 Å². The number of piperidine rings is 1. The van der Waals surface area contributed by atoms with E-state index in [1.54, 1.807) is 11.6 Å². The molecule has 1 N–H and O–H groups in total. The molecule has 2 aromatic heterocycles. The monoisotopic (exact) mass is 349 g/mol. The van der Waals surface area contributed by atoms with E-state index in [4.69, 9.17) is 0 Å². The van der Waals surface area contributed by atoms with Crippen LogP contribution in [0.3, 0.4) is 0 Å². The summed E-state index contributed by atoms with van der Waals surface area (Å²) in [6.07, 6.45) is 3.83. The van der Waals surface area contributed by atoms with E-state index in [0.717, 1.165) is 54.3 Å². The van der Waals surface area contributed by atoms with Crippen molar-refractivity contribution in [3.05, 3.63) is 32.6 Å². The zero-order valence-electron chi connectivity index (χ0n) is 14.3. The molecule has 1 fully saturated rings. The number of anilines is 1. The Balaban J connectivity index is 1.68. The molecule has 1 amide bonds. The number of hydrogen-bond acceptors (Lipinski definition) is 5. The molecule has 0 bridgehead atoms. The fourth-order valence-corrected chi connectivity index (χ4v) is 3.82. The molecule has 0 atom stereocenters. The largest absolute Gasteiger partial charge is 0.322 e. The Kier molecular flexibility index (Phi) is 4.86. The van der Waals surface area contributed by atoms with Gasteiger partial charge in [0.1, 0.15) is 6.54 Å². The van der Waals surface area contributed by atoms with Crippen molar-refractivity contribution in [1.29, 1.82) is 0 Å². The van der Waals surface area contributed by atoms with Crippen LogP contribution < -0.4 is 10.2 Å². The van der Waals surface area contributed by atoms with Gasteiger partial charge < -0.3 is 10.2 Å². The Labute approximate surface area is 144 Å². The van der Waals surface area contributed by atoms with Crippen molar-refractivity contribution in [3.63, 3.8) is 0 Å². The summed E-state index contributed by atoms with van der Waals surface area (Å²) in [5, 5.41) is 9.11. The summed E-state index contributed by atoms with van der Waals surface area (Å²) in [7, 11) is 2.13. The average Bonchev–Trinajstić information content (AvgIpc) is 3.06. The summed E-state index contributed by atoms with van der Waals surface area (Å²) in [4.78, 5) is 26.2. The van der Waals surface area contributed by atoms with E-state index >= 15 is 0 Å². The normalized spacial score (nSPS) is 16.5. The zero-order valence-corrected chi connectivity index (χ0v) is 15.1. The van der Waals surface area contributed by atoms with Gasteiger partial charge in [-0.25, -0.2) is 0 Å². The summed E-state index contributed by atoms with van der Waals surface area (Å²) >= 11 is 1.11. The number of rotatable bonds is 4. The number of carbonyl (C=O) groups is 1. The molecule has 0 saturated carbocycles. The molecular formula is C16H23N5O2S. The lowest BCUT2D eigenvalue weighted by Crippen LogP contribution is -2.32. The molecule has 0 spiro atoms. The zero-order chi connectivity index (χ0) is 17.3. The van der Waals surface area contributed by atoms with Crippen LogP contribution in [0.4, 0.5) is 5.69 Å². The third-order valence-corrected chi connectivity index (χ3v) is 5.51. The molecule has 130 valence electrons. The van der Waals surface area contributed by atoms with Crippen LogP contribution >= 0.6 is 11.3 Å². The summed E-state index contributed by atoms with van der Waals surface area (Å²) < 4.78 is 3.50. The van der Waals surface area contributed by atoms with E-state index in [1.165, 1.54) is 4.57 Å². The fourth-order valence-electron chi connectivity index (χ4n) is 3.08. The number of nitrogens with one attached hydrogen (secondary N) is 1. The molecule has 0 aromatic carbocycles. The van der Waals surface area contributed by atoms with Gasteiger partial charge in [0, 0.05) is 11.1 Å². The van der Waals surface area contributed by atoms with Crippen molar-refractivity contribution in [2.75, 3.05) is 25.5 Å². The third kappa shape index (κ3) is 3.44. The van der Waals surface area contributed by atoms with Gasteiger partial charge in [0.15, 0.2) is 0 Å². The van der Waals surface area contributed by atoms with Gasteiger partial charge >= 0.3 is 4.87 Å². The van der Waals surface area contributed by atoms with Crippen LogP contribution in [-0.4, -0.2) is 45.3 Å². The lowest BCUT2D eigenvalue weighted by Gasteiger charge is -2.29. The molecule has 2 aromatic rings. The van der Waals surface area contributed by atoms with Gasteiger partial charge in [-0.3, -0.25) is 18.8 Å². The summed E-state index contributed by atoms with van der Waals surface area (Å²) in [5.41, 5.74) is 2.49. The molecule has 0 radical (unpaired) electrons. The van der Waals surface area contributed by atoms with E-state index in [9.17, 15) is 9.59 Å². The van der Waals surface area contributed by atoms with Gasteiger partial charge in [-0.15, -0.1) is 0 Å². The second kappa shape index (κ2) is 6.90. The van der Waals surface area contributed by atoms with E-state index < -0.39 is 0 Å². The van der Waals surface area contributed by atoms with Crippen LogP contribution in [0, 0.1) is 13.8 Å². The van der Waals surface area contributed by atoms with Crippen LogP contribution in [0.1, 0.15) is 30.3 Å². The molecule has 0 aliphatic carbocycles. The highest BCUT2D eigenvalue weighted by molar-refractivity contribution is 7.07. The minimum Gasteiger partial charge on any atom is -0.322 e. The molecule has 1 saturated heterocycles. The van der Waals surface area contributed by atoms with Crippen LogP contribution in [-0.2, 0) is 11.3 Å². The summed E-state index contributed by atoms with van der Waals surface area (Å²) in [6, 6.07) is 0.383. The first-order chi connectivity index (χ1) is 11.5. The maximum Gasteiger partial charge on any atom is 0.307 e. The Hall–Kier alpha value is -1.93. The van der Waals surface area contributed by atoms with Gasteiger partial charge in [0.25, 0.3) is 0 Å². The first-order valence-electron chi connectivity index (χ1n) is 8.13. The molecule has 1 aliphatic heterocycles. The van der Waals surface area contributed by atoms with Crippen LogP contribution in [0.15, 0.2) is 16.4 Å². The topological polar surface area (TPSA) is 72.2 Å². The lowest BCUT2D eigenvalue weighted by molar-refractivity contribution is -0.116. The number of amides is 1. The predicted octanol–water partition coefficient (Wildman–Crippen LogP) is 1.63. The Morgan fingerprint density at radius 3 is 2.71 bits per heavy atom. The predicted molar refractivity (Wildman–Crippen MR) is 94.7 cm³/mol. The van der Waals surface area contributed by atoms with Crippen molar-refractivity contribution >= 4 is 22.9 Å². The summed E-state index contributed by atoms with van der Waals surface area (Å²) in [6.45, 7) is 5.96. The van der Waals surface area contributed by atoms with Crippen molar-refractivity contribution in [3.8, 4) is 0 Å². The SMILES string of the molecule is Cc1c(NC(=O)Cn2c(C)csc2=O)cnn1C1CCN(C)CC1. The Morgan fingerprint density at radius 1 is 1.38 bits per heavy atom. The highest BCUT2D eigenvalue weighted by Gasteiger charge is 2.21. The first kappa shape index (κ1) is 16.9. The highest BCUT2D eigenvalue weighted by Crippen LogP contribution is 2.25. The minimum atomic E-state index is -0.204. The molecule has 7 nitrogen and oxygen atoms in total. The average molecular weight is 349 g/mol.